The second-order valence-corrected chi connectivity index (χ2v) is 8.16. The minimum atomic E-state index is -4.76. The minimum absolute atomic E-state index is 0.188. The number of carbonyl (C=O) groups is 1. The number of benzene rings is 1. The zero-order valence-electron chi connectivity index (χ0n) is 17.9. The molecule has 0 aliphatic carbocycles. The Bertz CT molecular complexity index is 1020. The van der Waals surface area contributed by atoms with Crippen molar-refractivity contribution in [1.29, 1.82) is 0 Å². The van der Waals surface area contributed by atoms with Crippen LogP contribution in [0.3, 0.4) is 0 Å². The lowest BCUT2D eigenvalue weighted by molar-refractivity contribution is -0.389. The number of nitrogens with zero attached hydrogens (tertiary/aromatic N) is 5. The SMILES string of the molecule is C[C@](O)(COC(=O)N1CCN(c2ccc(OC(F)(F)F)cc2)CC1)Cn1cc([N+](=O)[O-])nc1Cl. The fourth-order valence-corrected chi connectivity index (χ4v) is 3.50. The first-order chi connectivity index (χ1) is 15.8. The van der Waals surface area contributed by atoms with Gasteiger partial charge in [-0.25, -0.2) is 4.79 Å². The lowest BCUT2D eigenvalue weighted by atomic mass is 10.1. The molecule has 15 heteroatoms. The van der Waals surface area contributed by atoms with Gasteiger partial charge in [0, 0.05) is 31.9 Å². The van der Waals surface area contributed by atoms with Gasteiger partial charge in [0.25, 0.3) is 0 Å². The summed E-state index contributed by atoms with van der Waals surface area (Å²) in [7, 11) is 0. The molecule has 0 radical (unpaired) electrons. The van der Waals surface area contributed by atoms with Crippen molar-refractivity contribution in [1.82, 2.24) is 14.5 Å². The maximum Gasteiger partial charge on any atom is 0.573 e. The van der Waals surface area contributed by atoms with Crippen LogP contribution in [0.5, 0.6) is 5.75 Å². The number of halogens is 4. The van der Waals surface area contributed by atoms with Gasteiger partial charge in [0.05, 0.1) is 6.54 Å². The molecule has 34 heavy (non-hydrogen) atoms. The third-order valence-corrected chi connectivity index (χ3v) is 5.19. The van der Waals surface area contributed by atoms with E-state index in [4.69, 9.17) is 16.3 Å². The number of hydrogen-bond donors (Lipinski definition) is 1. The monoisotopic (exact) mass is 507 g/mol. The Morgan fingerprint density at radius 3 is 2.38 bits per heavy atom. The second kappa shape index (κ2) is 9.93. The topological polar surface area (TPSA) is 123 Å². The molecular formula is C19H21ClF3N5O6. The van der Waals surface area contributed by atoms with Gasteiger partial charge >= 0.3 is 23.6 Å². The summed E-state index contributed by atoms with van der Waals surface area (Å²) in [5, 5.41) is 21.1. The first kappa shape index (κ1) is 25.4. The molecule has 186 valence electrons. The summed E-state index contributed by atoms with van der Waals surface area (Å²) in [4.78, 5) is 29.3. The molecule has 1 aliphatic heterocycles. The smallest absolute Gasteiger partial charge is 0.446 e. The Labute approximate surface area is 196 Å². The highest BCUT2D eigenvalue weighted by Gasteiger charge is 2.32. The van der Waals surface area contributed by atoms with Crippen molar-refractivity contribution in [2.45, 2.75) is 25.4 Å². The molecule has 2 aromatic rings. The van der Waals surface area contributed by atoms with Crippen LogP contribution in [-0.4, -0.2) is 75.3 Å². The van der Waals surface area contributed by atoms with Gasteiger partial charge in [-0.05, 0) is 52.7 Å². The lowest BCUT2D eigenvalue weighted by Gasteiger charge is -2.36. The van der Waals surface area contributed by atoms with E-state index in [0.717, 1.165) is 6.20 Å². The molecule has 11 nitrogen and oxygen atoms in total. The van der Waals surface area contributed by atoms with Crippen molar-refractivity contribution < 1.29 is 37.5 Å². The molecule has 3 rings (SSSR count). The summed E-state index contributed by atoms with van der Waals surface area (Å²) in [6, 6.07) is 5.43. The third kappa shape index (κ3) is 6.87. The van der Waals surface area contributed by atoms with Gasteiger partial charge in [-0.3, -0.25) is 4.57 Å². The van der Waals surface area contributed by atoms with E-state index in [1.807, 2.05) is 4.90 Å². The van der Waals surface area contributed by atoms with E-state index in [9.17, 15) is 33.2 Å². The maximum absolute atomic E-state index is 12.4. The number of imidazole rings is 1. The number of rotatable bonds is 7. The summed E-state index contributed by atoms with van der Waals surface area (Å²) in [6.07, 6.45) is -4.35. The first-order valence-electron chi connectivity index (χ1n) is 9.95. The fraction of sp³-hybridized carbons (Fsp3) is 0.474. The van der Waals surface area contributed by atoms with Crippen LogP contribution in [-0.2, 0) is 11.3 Å². The number of ether oxygens (including phenoxy) is 2. The van der Waals surface area contributed by atoms with Crippen LogP contribution in [0.2, 0.25) is 5.28 Å². The van der Waals surface area contributed by atoms with Gasteiger partial charge in [0.1, 0.15) is 24.2 Å². The average Bonchev–Trinajstić information content (AvgIpc) is 3.11. The molecule has 0 saturated carbocycles. The number of anilines is 1. The molecule has 1 aliphatic rings. The van der Waals surface area contributed by atoms with Crippen LogP contribution in [0.25, 0.3) is 0 Å². The fourth-order valence-electron chi connectivity index (χ4n) is 3.31. The number of nitro groups is 1. The van der Waals surface area contributed by atoms with Crippen LogP contribution in [0.15, 0.2) is 30.5 Å². The van der Waals surface area contributed by atoms with E-state index < -0.39 is 35.4 Å². The molecule has 0 unspecified atom stereocenters. The van der Waals surface area contributed by atoms with E-state index in [0.29, 0.717) is 31.9 Å². The number of hydrogen-bond acceptors (Lipinski definition) is 8. The van der Waals surface area contributed by atoms with E-state index in [2.05, 4.69) is 9.72 Å². The normalized spacial score (nSPS) is 16.2. The minimum Gasteiger partial charge on any atom is -0.446 e. The van der Waals surface area contributed by atoms with Gasteiger partial charge < -0.3 is 34.5 Å². The van der Waals surface area contributed by atoms with E-state index >= 15 is 0 Å². The number of carbonyl (C=O) groups excluding carboxylic acids is 1. The van der Waals surface area contributed by atoms with Crippen molar-refractivity contribution >= 4 is 29.2 Å². The zero-order valence-corrected chi connectivity index (χ0v) is 18.6. The average molecular weight is 508 g/mol. The highest BCUT2D eigenvalue weighted by atomic mass is 35.5. The largest absolute Gasteiger partial charge is 0.573 e. The second-order valence-electron chi connectivity index (χ2n) is 7.82. The molecule has 1 aromatic carbocycles. The maximum atomic E-state index is 12.4. The number of alkyl halides is 3. The predicted octanol–water partition coefficient (Wildman–Crippen LogP) is 3.05. The van der Waals surface area contributed by atoms with Crippen molar-refractivity contribution in [3.63, 3.8) is 0 Å². The molecule has 1 aromatic heterocycles. The number of amides is 1. The standard InChI is InChI=1S/C19H21ClF3N5O6/c1-18(30,11-27-10-15(28(31)32)24-16(27)20)12-33-17(29)26-8-6-25(7-9-26)13-2-4-14(5-3-13)34-19(21,22)23/h2-5,10,30H,6-9,11-12H2,1H3/t18-/m1/s1. The van der Waals surface area contributed by atoms with Crippen molar-refractivity contribution in [2.24, 2.45) is 0 Å². The molecule has 1 saturated heterocycles. The number of piperazine rings is 1. The Kier molecular flexibility index (Phi) is 7.41. The molecule has 0 bridgehead atoms. The molecule has 2 heterocycles. The summed E-state index contributed by atoms with van der Waals surface area (Å²) in [5.74, 6) is -0.796. The van der Waals surface area contributed by atoms with Crippen LogP contribution in [0.4, 0.5) is 29.5 Å². The number of aliphatic hydroxyl groups is 1. The van der Waals surface area contributed by atoms with E-state index in [1.165, 1.54) is 40.7 Å². The van der Waals surface area contributed by atoms with Crippen LogP contribution >= 0.6 is 11.6 Å². The van der Waals surface area contributed by atoms with Gasteiger partial charge in [-0.1, -0.05) is 0 Å². The highest BCUT2D eigenvalue weighted by Crippen LogP contribution is 2.26. The Balaban J connectivity index is 1.47. The van der Waals surface area contributed by atoms with Crippen molar-refractivity contribution in [3.8, 4) is 5.75 Å². The van der Waals surface area contributed by atoms with Crippen LogP contribution in [0.1, 0.15) is 6.92 Å². The summed E-state index contributed by atoms with van der Waals surface area (Å²) < 4.78 is 47.1. The summed E-state index contributed by atoms with van der Waals surface area (Å²) in [6.45, 7) is 2.21. The molecule has 0 spiro atoms. The van der Waals surface area contributed by atoms with Gasteiger partial charge in [0.15, 0.2) is 0 Å². The molecule has 1 amide bonds. The molecule has 1 fully saturated rings. The Morgan fingerprint density at radius 2 is 1.85 bits per heavy atom. The van der Waals surface area contributed by atoms with Gasteiger partial charge in [-0.2, -0.15) is 0 Å². The lowest BCUT2D eigenvalue weighted by Crippen LogP contribution is -2.50. The van der Waals surface area contributed by atoms with Gasteiger partial charge in [0.2, 0.25) is 0 Å². The van der Waals surface area contributed by atoms with Crippen LogP contribution < -0.4 is 9.64 Å². The van der Waals surface area contributed by atoms with E-state index in [1.54, 1.807) is 0 Å². The quantitative estimate of drug-likeness (QED) is 0.448. The van der Waals surface area contributed by atoms with Crippen molar-refractivity contribution in [2.75, 3.05) is 37.7 Å². The first-order valence-corrected chi connectivity index (χ1v) is 10.3. The van der Waals surface area contributed by atoms with Gasteiger partial charge in [-0.15, -0.1) is 13.2 Å². The van der Waals surface area contributed by atoms with E-state index in [-0.39, 0.29) is 17.6 Å². The van der Waals surface area contributed by atoms with Crippen molar-refractivity contribution in [3.05, 3.63) is 45.9 Å². The third-order valence-electron chi connectivity index (χ3n) is 4.89. The molecule has 1 atom stereocenters. The predicted molar refractivity (Wildman–Crippen MR) is 113 cm³/mol. The summed E-state index contributed by atoms with van der Waals surface area (Å²) in [5.41, 5.74) is -0.896. The van der Waals surface area contributed by atoms with Crippen LogP contribution in [0, 0.1) is 10.1 Å². The molecular weight excluding hydrogens is 487 g/mol. The zero-order chi connectivity index (χ0) is 25.1. The Morgan fingerprint density at radius 1 is 1.24 bits per heavy atom. The molecule has 1 N–H and O–H groups in total. The number of aromatic nitrogens is 2. The summed E-state index contributed by atoms with van der Waals surface area (Å²) >= 11 is 5.84. The Hall–Kier alpha value is -3.26. The highest BCUT2D eigenvalue weighted by molar-refractivity contribution is 6.28.